The minimum Gasteiger partial charge on any atom is -0.379 e. The topological polar surface area (TPSA) is 21.3 Å². The number of rotatable bonds is 6. The number of hydrogen-bond donors (Lipinski definition) is 1. The van der Waals surface area contributed by atoms with Crippen LogP contribution < -0.4 is 5.32 Å². The first kappa shape index (κ1) is 15.0. The van der Waals surface area contributed by atoms with E-state index in [1.54, 1.807) is 7.05 Å². The molecule has 1 atom stereocenters. The molecule has 0 bridgehead atoms. The Morgan fingerprint density at radius 2 is 1.83 bits per heavy atom. The Kier molecular flexibility index (Phi) is 5.62. The van der Waals surface area contributed by atoms with Crippen molar-refractivity contribution in [3.63, 3.8) is 0 Å². The Morgan fingerprint density at radius 3 is 2.28 bits per heavy atom. The maximum Gasteiger partial charge on any atom is 0.416 e. The number of ether oxygens (including phenoxy) is 1. The second-order valence-electron chi connectivity index (χ2n) is 4.04. The van der Waals surface area contributed by atoms with Gasteiger partial charge in [0.05, 0.1) is 18.2 Å². The van der Waals surface area contributed by atoms with E-state index < -0.39 is 11.7 Å². The third-order valence-electron chi connectivity index (χ3n) is 2.62. The average Bonchev–Trinajstić information content (AvgIpc) is 2.34. The number of likely N-dealkylation sites (N-methyl/N-ethyl adjacent to an activating group) is 1. The second-order valence-corrected chi connectivity index (χ2v) is 4.04. The fraction of sp³-hybridized carbons (Fsp3) is 0.538. The number of benzene rings is 1. The summed E-state index contributed by atoms with van der Waals surface area (Å²) in [5.41, 5.74) is 0.164. The highest BCUT2D eigenvalue weighted by Gasteiger charge is 2.30. The molecule has 0 aromatic heterocycles. The minimum atomic E-state index is -4.29. The van der Waals surface area contributed by atoms with Gasteiger partial charge in [0.1, 0.15) is 0 Å². The molecule has 2 nitrogen and oxygen atoms in total. The van der Waals surface area contributed by atoms with Gasteiger partial charge in [-0.1, -0.05) is 19.1 Å². The van der Waals surface area contributed by atoms with Crippen molar-refractivity contribution >= 4 is 0 Å². The van der Waals surface area contributed by atoms with E-state index in [1.165, 1.54) is 12.1 Å². The highest BCUT2D eigenvalue weighted by molar-refractivity contribution is 5.26. The van der Waals surface area contributed by atoms with Crippen molar-refractivity contribution in [3.05, 3.63) is 35.4 Å². The fourth-order valence-corrected chi connectivity index (χ4v) is 1.60. The lowest BCUT2D eigenvalue weighted by atomic mass is 10.1. The first-order valence-electron chi connectivity index (χ1n) is 5.91. The van der Waals surface area contributed by atoms with Gasteiger partial charge in [-0.3, -0.25) is 0 Å². The second kappa shape index (κ2) is 6.75. The van der Waals surface area contributed by atoms with Crippen molar-refractivity contribution in [2.75, 3.05) is 20.3 Å². The predicted octanol–water partition coefficient (Wildman–Crippen LogP) is 3.39. The van der Waals surface area contributed by atoms with Crippen LogP contribution in [-0.2, 0) is 10.9 Å². The summed E-state index contributed by atoms with van der Waals surface area (Å²) in [6.45, 7) is 3.11. The van der Waals surface area contributed by atoms with Crippen molar-refractivity contribution in [1.82, 2.24) is 5.32 Å². The van der Waals surface area contributed by atoms with Gasteiger partial charge in [0, 0.05) is 6.61 Å². The monoisotopic (exact) mass is 261 g/mol. The van der Waals surface area contributed by atoms with Crippen LogP contribution in [0.4, 0.5) is 13.2 Å². The molecule has 0 aliphatic rings. The van der Waals surface area contributed by atoms with E-state index in [0.29, 0.717) is 13.2 Å². The standard InChI is InChI=1S/C13H18F3NO/c1-3-8-18-9-12(17-2)10-4-6-11(7-5-10)13(14,15)16/h4-7,12,17H,3,8-9H2,1-2H3. The summed E-state index contributed by atoms with van der Waals surface area (Å²) in [5.74, 6) is 0. The molecule has 5 heteroatoms. The summed E-state index contributed by atoms with van der Waals surface area (Å²) < 4.78 is 42.6. The number of nitrogens with one attached hydrogen (secondary N) is 1. The molecule has 0 saturated carbocycles. The van der Waals surface area contributed by atoms with Crippen LogP contribution in [0.2, 0.25) is 0 Å². The van der Waals surface area contributed by atoms with Crippen LogP contribution in [0.25, 0.3) is 0 Å². The number of halogens is 3. The number of hydrogen-bond acceptors (Lipinski definition) is 2. The smallest absolute Gasteiger partial charge is 0.379 e. The van der Waals surface area contributed by atoms with Crippen LogP contribution in [0.15, 0.2) is 24.3 Å². The molecule has 1 unspecified atom stereocenters. The van der Waals surface area contributed by atoms with E-state index in [2.05, 4.69) is 5.32 Å². The van der Waals surface area contributed by atoms with Crippen LogP contribution in [0.3, 0.4) is 0 Å². The van der Waals surface area contributed by atoms with Crippen LogP contribution in [-0.4, -0.2) is 20.3 Å². The van der Waals surface area contributed by atoms with Crippen molar-refractivity contribution in [2.24, 2.45) is 0 Å². The minimum absolute atomic E-state index is 0.0844. The van der Waals surface area contributed by atoms with E-state index >= 15 is 0 Å². The normalized spacial score (nSPS) is 13.6. The summed E-state index contributed by atoms with van der Waals surface area (Å²) in [6, 6.07) is 5.08. The molecule has 1 aromatic carbocycles. The zero-order valence-corrected chi connectivity index (χ0v) is 10.6. The van der Waals surface area contributed by atoms with E-state index in [-0.39, 0.29) is 6.04 Å². The first-order valence-corrected chi connectivity index (χ1v) is 5.91. The molecule has 102 valence electrons. The first-order chi connectivity index (χ1) is 8.49. The van der Waals surface area contributed by atoms with Gasteiger partial charge in [-0.15, -0.1) is 0 Å². The highest BCUT2D eigenvalue weighted by atomic mass is 19.4. The molecule has 0 amide bonds. The van der Waals surface area contributed by atoms with Crippen molar-refractivity contribution < 1.29 is 17.9 Å². The SMILES string of the molecule is CCCOCC(NC)c1ccc(C(F)(F)F)cc1. The molecule has 1 rings (SSSR count). The van der Waals surface area contributed by atoms with E-state index in [9.17, 15) is 13.2 Å². The Labute approximate surface area is 105 Å². The molecular formula is C13H18F3NO. The summed E-state index contributed by atoms with van der Waals surface area (Å²) in [4.78, 5) is 0. The number of alkyl halides is 3. The Hall–Kier alpha value is -1.07. The van der Waals surface area contributed by atoms with Gasteiger partial charge >= 0.3 is 6.18 Å². The van der Waals surface area contributed by atoms with Gasteiger partial charge in [-0.05, 0) is 31.2 Å². The lowest BCUT2D eigenvalue weighted by Gasteiger charge is -2.17. The highest BCUT2D eigenvalue weighted by Crippen LogP contribution is 2.29. The van der Waals surface area contributed by atoms with Gasteiger partial charge < -0.3 is 10.1 Å². The molecule has 1 aromatic rings. The Morgan fingerprint density at radius 1 is 1.22 bits per heavy atom. The summed E-state index contributed by atoms with van der Waals surface area (Å²) >= 11 is 0. The molecule has 0 spiro atoms. The zero-order valence-electron chi connectivity index (χ0n) is 10.6. The molecule has 0 saturated heterocycles. The fourth-order valence-electron chi connectivity index (χ4n) is 1.60. The van der Waals surface area contributed by atoms with E-state index in [1.807, 2.05) is 6.92 Å². The zero-order chi connectivity index (χ0) is 13.6. The molecule has 0 fully saturated rings. The van der Waals surface area contributed by atoms with Gasteiger partial charge in [-0.2, -0.15) is 13.2 Å². The quantitative estimate of drug-likeness (QED) is 0.792. The van der Waals surface area contributed by atoms with Crippen LogP contribution in [0.5, 0.6) is 0 Å². The van der Waals surface area contributed by atoms with Crippen molar-refractivity contribution in [2.45, 2.75) is 25.6 Å². The molecule has 0 aliphatic heterocycles. The van der Waals surface area contributed by atoms with E-state index in [4.69, 9.17) is 4.74 Å². The van der Waals surface area contributed by atoms with E-state index in [0.717, 1.165) is 24.1 Å². The van der Waals surface area contributed by atoms with Crippen molar-refractivity contribution in [1.29, 1.82) is 0 Å². The lowest BCUT2D eigenvalue weighted by molar-refractivity contribution is -0.137. The summed E-state index contributed by atoms with van der Waals surface area (Å²) in [7, 11) is 1.76. The summed E-state index contributed by atoms with van der Waals surface area (Å²) in [6.07, 6.45) is -3.37. The van der Waals surface area contributed by atoms with Crippen LogP contribution >= 0.6 is 0 Å². The van der Waals surface area contributed by atoms with Crippen LogP contribution in [0, 0.1) is 0 Å². The van der Waals surface area contributed by atoms with Gasteiger partial charge in [0.15, 0.2) is 0 Å². The summed E-state index contributed by atoms with van der Waals surface area (Å²) in [5, 5.41) is 3.03. The molecule has 1 N–H and O–H groups in total. The molecule has 0 heterocycles. The van der Waals surface area contributed by atoms with Crippen molar-refractivity contribution in [3.8, 4) is 0 Å². The third kappa shape index (κ3) is 4.31. The maximum absolute atomic E-state index is 12.4. The molecular weight excluding hydrogens is 243 g/mol. The molecule has 18 heavy (non-hydrogen) atoms. The third-order valence-corrected chi connectivity index (χ3v) is 2.62. The largest absolute Gasteiger partial charge is 0.416 e. The molecule has 0 radical (unpaired) electrons. The average molecular weight is 261 g/mol. The predicted molar refractivity (Wildman–Crippen MR) is 64.4 cm³/mol. The Balaban J connectivity index is 2.69. The lowest BCUT2D eigenvalue weighted by Crippen LogP contribution is -2.22. The van der Waals surface area contributed by atoms with Gasteiger partial charge in [0.25, 0.3) is 0 Å². The van der Waals surface area contributed by atoms with Crippen LogP contribution in [0.1, 0.15) is 30.5 Å². The molecule has 0 aliphatic carbocycles. The van der Waals surface area contributed by atoms with Gasteiger partial charge in [0.2, 0.25) is 0 Å². The Bertz CT molecular complexity index is 348. The maximum atomic E-state index is 12.4. The van der Waals surface area contributed by atoms with Gasteiger partial charge in [-0.25, -0.2) is 0 Å².